The maximum absolute atomic E-state index is 5.14. The molecule has 0 unspecified atom stereocenters. The average molecular weight is 124 g/mol. The van der Waals surface area contributed by atoms with Crippen LogP contribution in [-0.4, -0.2) is 0 Å². The lowest BCUT2D eigenvalue weighted by molar-refractivity contribution is 0.500. The first-order valence-corrected chi connectivity index (χ1v) is 3.46. The molecule has 1 heteroatoms. The molecular weight excluding hydrogens is 112 g/mol. The summed E-state index contributed by atoms with van der Waals surface area (Å²) in [6, 6.07) is 3.96. The SMILES string of the molecule is CCCCc1ccco1. The number of aryl methyl sites for hydroxylation is 1. The van der Waals surface area contributed by atoms with E-state index < -0.39 is 0 Å². The van der Waals surface area contributed by atoms with E-state index in [1.54, 1.807) is 6.26 Å². The largest absolute Gasteiger partial charge is 0.469 e. The summed E-state index contributed by atoms with van der Waals surface area (Å²) in [5.41, 5.74) is 0. The second-order valence-corrected chi connectivity index (χ2v) is 2.18. The molecule has 0 aromatic carbocycles. The van der Waals surface area contributed by atoms with Crippen LogP contribution in [0, 0.1) is 0 Å². The zero-order valence-corrected chi connectivity index (χ0v) is 5.76. The predicted molar refractivity (Wildman–Crippen MR) is 37.3 cm³/mol. The molecule has 0 amide bonds. The highest BCUT2D eigenvalue weighted by molar-refractivity contribution is 4.97. The maximum Gasteiger partial charge on any atom is 0.103 e. The van der Waals surface area contributed by atoms with Crippen LogP contribution in [0.15, 0.2) is 22.8 Å². The maximum atomic E-state index is 5.14. The van der Waals surface area contributed by atoms with Crippen molar-refractivity contribution in [3.63, 3.8) is 0 Å². The van der Waals surface area contributed by atoms with Crippen LogP contribution in [0.3, 0.4) is 0 Å². The third kappa shape index (κ3) is 1.92. The highest BCUT2D eigenvalue weighted by Crippen LogP contribution is 2.04. The highest BCUT2D eigenvalue weighted by atomic mass is 16.3. The Morgan fingerprint density at radius 1 is 1.56 bits per heavy atom. The van der Waals surface area contributed by atoms with E-state index in [1.807, 2.05) is 12.1 Å². The first-order valence-electron chi connectivity index (χ1n) is 3.46. The third-order valence-electron chi connectivity index (χ3n) is 1.36. The van der Waals surface area contributed by atoms with Gasteiger partial charge < -0.3 is 4.42 Å². The lowest BCUT2D eigenvalue weighted by Gasteiger charge is -1.90. The Bertz CT molecular complexity index is 142. The molecule has 0 N–H and O–H groups in total. The fraction of sp³-hybridized carbons (Fsp3) is 0.500. The van der Waals surface area contributed by atoms with E-state index in [1.165, 1.54) is 12.8 Å². The van der Waals surface area contributed by atoms with Crippen molar-refractivity contribution in [2.45, 2.75) is 26.2 Å². The molecule has 9 heavy (non-hydrogen) atoms. The summed E-state index contributed by atoms with van der Waals surface area (Å²) in [7, 11) is 0. The second kappa shape index (κ2) is 3.33. The number of rotatable bonds is 3. The fourth-order valence-electron chi connectivity index (χ4n) is 0.806. The van der Waals surface area contributed by atoms with Crippen LogP contribution in [0.2, 0.25) is 0 Å². The molecule has 0 fully saturated rings. The van der Waals surface area contributed by atoms with Gasteiger partial charge >= 0.3 is 0 Å². The van der Waals surface area contributed by atoms with Gasteiger partial charge in [-0.25, -0.2) is 0 Å². The van der Waals surface area contributed by atoms with E-state index in [2.05, 4.69) is 6.92 Å². The van der Waals surface area contributed by atoms with E-state index in [0.29, 0.717) is 0 Å². The molecular formula is C8H12O. The Morgan fingerprint density at radius 2 is 2.44 bits per heavy atom. The first-order chi connectivity index (χ1) is 4.43. The van der Waals surface area contributed by atoms with Gasteiger partial charge in [0.1, 0.15) is 5.76 Å². The zero-order valence-electron chi connectivity index (χ0n) is 5.76. The van der Waals surface area contributed by atoms with Crippen LogP contribution in [0.25, 0.3) is 0 Å². The van der Waals surface area contributed by atoms with Crippen molar-refractivity contribution in [3.8, 4) is 0 Å². The van der Waals surface area contributed by atoms with Gasteiger partial charge in [-0.1, -0.05) is 13.3 Å². The Hall–Kier alpha value is -0.720. The van der Waals surface area contributed by atoms with Gasteiger partial charge in [0.15, 0.2) is 0 Å². The molecule has 0 aliphatic rings. The molecule has 0 aliphatic heterocycles. The third-order valence-corrected chi connectivity index (χ3v) is 1.36. The molecule has 0 aliphatic carbocycles. The molecule has 50 valence electrons. The molecule has 0 saturated heterocycles. The summed E-state index contributed by atoms with van der Waals surface area (Å²) in [5, 5.41) is 0. The molecule has 0 radical (unpaired) electrons. The Labute approximate surface area is 55.7 Å². The predicted octanol–water partition coefficient (Wildman–Crippen LogP) is 2.62. The van der Waals surface area contributed by atoms with Gasteiger partial charge in [-0.15, -0.1) is 0 Å². The minimum Gasteiger partial charge on any atom is -0.469 e. The summed E-state index contributed by atoms with van der Waals surface area (Å²) in [5.74, 6) is 1.11. The van der Waals surface area contributed by atoms with Crippen LogP contribution in [0.4, 0.5) is 0 Å². The quantitative estimate of drug-likeness (QED) is 0.603. The van der Waals surface area contributed by atoms with Gasteiger partial charge in [-0.2, -0.15) is 0 Å². The van der Waals surface area contributed by atoms with Crippen LogP contribution >= 0.6 is 0 Å². The Kier molecular flexibility index (Phi) is 2.37. The highest BCUT2D eigenvalue weighted by Gasteiger charge is 1.91. The first kappa shape index (κ1) is 6.40. The molecule has 0 saturated carbocycles. The topological polar surface area (TPSA) is 13.1 Å². The van der Waals surface area contributed by atoms with Crippen molar-refractivity contribution in [1.29, 1.82) is 0 Å². The van der Waals surface area contributed by atoms with Gasteiger partial charge in [0, 0.05) is 6.42 Å². The Balaban J connectivity index is 2.30. The molecule has 1 aromatic heterocycles. The van der Waals surface area contributed by atoms with E-state index in [-0.39, 0.29) is 0 Å². The molecule has 0 spiro atoms. The molecule has 1 aromatic rings. The van der Waals surface area contributed by atoms with Crippen molar-refractivity contribution in [3.05, 3.63) is 24.2 Å². The molecule has 1 nitrogen and oxygen atoms in total. The van der Waals surface area contributed by atoms with Crippen LogP contribution in [0.5, 0.6) is 0 Å². The van der Waals surface area contributed by atoms with Gasteiger partial charge in [0.2, 0.25) is 0 Å². The van der Waals surface area contributed by atoms with Gasteiger partial charge in [0.25, 0.3) is 0 Å². The van der Waals surface area contributed by atoms with Crippen molar-refractivity contribution < 1.29 is 4.42 Å². The van der Waals surface area contributed by atoms with Crippen molar-refractivity contribution >= 4 is 0 Å². The van der Waals surface area contributed by atoms with Crippen molar-refractivity contribution in [2.24, 2.45) is 0 Å². The number of furan rings is 1. The zero-order chi connectivity index (χ0) is 6.53. The van der Waals surface area contributed by atoms with E-state index in [0.717, 1.165) is 12.2 Å². The standard InChI is InChI=1S/C8H12O/c1-2-3-5-8-6-4-7-9-8/h4,6-7H,2-3,5H2,1H3. The van der Waals surface area contributed by atoms with Gasteiger partial charge in [0.05, 0.1) is 6.26 Å². The normalized spacial score (nSPS) is 9.89. The van der Waals surface area contributed by atoms with Crippen LogP contribution < -0.4 is 0 Å². The summed E-state index contributed by atoms with van der Waals surface area (Å²) in [6.07, 6.45) is 5.28. The number of hydrogen-bond acceptors (Lipinski definition) is 1. The van der Waals surface area contributed by atoms with Crippen LogP contribution in [0.1, 0.15) is 25.5 Å². The van der Waals surface area contributed by atoms with Crippen molar-refractivity contribution in [2.75, 3.05) is 0 Å². The number of hydrogen-bond donors (Lipinski definition) is 0. The van der Waals surface area contributed by atoms with Crippen molar-refractivity contribution in [1.82, 2.24) is 0 Å². The summed E-state index contributed by atoms with van der Waals surface area (Å²) in [6.45, 7) is 2.18. The van der Waals surface area contributed by atoms with E-state index in [9.17, 15) is 0 Å². The Morgan fingerprint density at radius 3 is 3.00 bits per heavy atom. The lowest BCUT2D eigenvalue weighted by Crippen LogP contribution is -1.77. The molecule has 0 atom stereocenters. The molecule has 0 bridgehead atoms. The van der Waals surface area contributed by atoms with Crippen LogP contribution in [-0.2, 0) is 6.42 Å². The second-order valence-electron chi connectivity index (χ2n) is 2.18. The smallest absolute Gasteiger partial charge is 0.103 e. The number of unbranched alkanes of at least 4 members (excludes halogenated alkanes) is 1. The average Bonchev–Trinajstić information content (AvgIpc) is 2.34. The monoisotopic (exact) mass is 124 g/mol. The van der Waals surface area contributed by atoms with Gasteiger partial charge in [-0.05, 0) is 18.6 Å². The van der Waals surface area contributed by atoms with Gasteiger partial charge in [-0.3, -0.25) is 0 Å². The minimum atomic E-state index is 1.09. The summed E-state index contributed by atoms with van der Waals surface area (Å²) < 4.78 is 5.14. The molecule has 1 rings (SSSR count). The minimum absolute atomic E-state index is 1.09. The van der Waals surface area contributed by atoms with E-state index >= 15 is 0 Å². The van der Waals surface area contributed by atoms with E-state index in [4.69, 9.17) is 4.42 Å². The summed E-state index contributed by atoms with van der Waals surface area (Å²) >= 11 is 0. The summed E-state index contributed by atoms with van der Waals surface area (Å²) in [4.78, 5) is 0. The lowest BCUT2D eigenvalue weighted by atomic mass is 10.2. The molecule has 1 heterocycles. The fourth-order valence-corrected chi connectivity index (χ4v) is 0.806.